The predicted molar refractivity (Wildman–Crippen MR) is 85.9 cm³/mol. The van der Waals surface area contributed by atoms with Gasteiger partial charge in [0, 0.05) is 9.90 Å². The molecule has 0 saturated heterocycles. The number of nitrogens with one attached hydrogen (secondary N) is 1. The number of hydrogen-bond acceptors (Lipinski definition) is 5. The van der Waals surface area contributed by atoms with Gasteiger partial charge in [-0.3, -0.25) is 4.72 Å². The standard InChI is InChI=1S/C13H15ClN2O3S2/c1-19-12-4-2-9(14)8-11(12)16-21(17,18)13-5-3-10(20-13)6-7-15/h2-5,8,16H,6-7,15H2,1H3. The molecule has 0 atom stereocenters. The molecule has 114 valence electrons. The molecule has 1 heterocycles. The second kappa shape index (κ2) is 6.65. The molecule has 0 unspecified atom stereocenters. The van der Waals surface area contributed by atoms with Crippen LogP contribution in [0.2, 0.25) is 5.02 Å². The third-order valence-electron chi connectivity index (χ3n) is 2.70. The summed E-state index contributed by atoms with van der Waals surface area (Å²) in [5.41, 5.74) is 5.77. The van der Waals surface area contributed by atoms with Gasteiger partial charge in [0.05, 0.1) is 12.8 Å². The van der Waals surface area contributed by atoms with Crippen LogP contribution in [0.25, 0.3) is 0 Å². The number of hydrogen-bond donors (Lipinski definition) is 2. The Balaban J connectivity index is 2.30. The molecule has 2 rings (SSSR count). The van der Waals surface area contributed by atoms with Crippen molar-refractivity contribution in [1.29, 1.82) is 0 Å². The zero-order chi connectivity index (χ0) is 15.5. The van der Waals surface area contributed by atoms with Crippen LogP contribution in [0, 0.1) is 0 Å². The molecule has 8 heteroatoms. The van der Waals surface area contributed by atoms with Crippen molar-refractivity contribution in [3.63, 3.8) is 0 Å². The van der Waals surface area contributed by atoms with Crippen LogP contribution in [-0.2, 0) is 16.4 Å². The average molecular weight is 347 g/mol. The summed E-state index contributed by atoms with van der Waals surface area (Å²) >= 11 is 7.09. The molecule has 1 aromatic heterocycles. The number of methoxy groups -OCH3 is 1. The van der Waals surface area contributed by atoms with Crippen LogP contribution in [-0.4, -0.2) is 22.1 Å². The van der Waals surface area contributed by atoms with Gasteiger partial charge in [0.1, 0.15) is 9.96 Å². The van der Waals surface area contributed by atoms with Crippen LogP contribution in [0.15, 0.2) is 34.5 Å². The van der Waals surface area contributed by atoms with Crippen LogP contribution in [0.1, 0.15) is 4.88 Å². The molecule has 1 aromatic carbocycles. The van der Waals surface area contributed by atoms with E-state index in [2.05, 4.69) is 4.72 Å². The first kappa shape index (κ1) is 16.1. The molecule has 3 N–H and O–H groups in total. The van der Waals surface area contributed by atoms with Crippen molar-refractivity contribution in [2.45, 2.75) is 10.6 Å². The van der Waals surface area contributed by atoms with E-state index in [0.29, 0.717) is 29.4 Å². The molecule has 21 heavy (non-hydrogen) atoms. The van der Waals surface area contributed by atoms with Crippen LogP contribution in [0.3, 0.4) is 0 Å². The normalized spacial score (nSPS) is 11.4. The number of thiophene rings is 1. The van der Waals surface area contributed by atoms with Gasteiger partial charge in [-0.2, -0.15) is 0 Å². The van der Waals surface area contributed by atoms with Crippen LogP contribution in [0.4, 0.5) is 5.69 Å². The number of nitrogens with two attached hydrogens (primary N) is 1. The molecule has 2 aromatic rings. The third-order valence-corrected chi connectivity index (χ3v) is 5.94. The highest BCUT2D eigenvalue weighted by atomic mass is 35.5. The highest BCUT2D eigenvalue weighted by Gasteiger charge is 2.19. The Morgan fingerprint density at radius 2 is 2.10 bits per heavy atom. The van der Waals surface area contributed by atoms with Crippen molar-refractivity contribution in [3.8, 4) is 5.75 Å². The minimum absolute atomic E-state index is 0.230. The number of anilines is 1. The van der Waals surface area contributed by atoms with E-state index in [1.807, 2.05) is 0 Å². The fourth-order valence-electron chi connectivity index (χ4n) is 1.73. The van der Waals surface area contributed by atoms with E-state index in [0.717, 1.165) is 4.88 Å². The molecule has 0 aliphatic carbocycles. The number of halogens is 1. The van der Waals surface area contributed by atoms with Crippen molar-refractivity contribution in [2.75, 3.05) is 18.4 Å². The zero-order valence-corrected chi connectivity index (χ0v) is 13.7. The second-order valence-electron chi connectivity index (χ2n) is 4.21. The summed E-state index contributed by atoms with van der Waals surface area (Å²) in [6.07, 6.45) is 0.653. The topological polar surface area (TPSA) is 81.4 Å². The molecule has 0 saturated carbocycles. The third kappa shape index (κ3) is 3.88. The quantitative estimate of drug-likeness (QED) is 0.842. The smallest absolute Gasteiger partial charge is 0.271 e. The Morgan fingerprint density at radius 1 is 1.33 bits per heavy atom. The van der Waals surface area contributed by atoms with Gasteiger partial charge in [0.25, 0.3) is 10.0 Å². The lowest BCUT2D eigenvalue weighted by atomic mass is 10.3. The van der Waals surface area contributed by atoms with Crippen LogP contribution in [0.5, 0.6) is 5.75 Å². The van der Waals surface area contributed by atoms with E-state index in [1.54, 1.807) is 24.3 Å². The highest BCUT2D eigenvalue weighted by molar-refractivity contribution is 7.94. The Hall–Kier alpha value is -1.28. The van der Waals surface area contributed by atoms with E-state index in [-0.39, 0.29) is 4.21 Å². The molecular formula is C13H15ClN2O3S2. The summed E-state index contributed by atoms with van der Waals surface area (Å²) < 4.78 is 32.6. The lowest BCUT2D eigenvalue weighted by molar-refractivity contribution is 0.417. The van der Waals surface area contributed by atoms with Gasteiger partial charge < -0.3 is 10.5 Å². The van der Waals surface area contributed by atoms with Gasteiger partial charge >= 0.3 is 0 Å². The maximum absolute atomic E-state index is 12.4. The van der Waals surface area contributed by atoms with Gasteiger partial charge in [-0.05, 0) is 43.3 Å². The van der Waals surface area contributed by atoms with Gasteiger partial charge in [-0.25, -0.2) is 8.42 Å². The molecule has 0 aliphatic heterocycles. The van der Waals surface area contributed by atoms with Crippen molar-refractivity contribution < 1.29 is 13.2 Å². The van der Waals surface area contributed by atoms with Crippen molar-refractivity contribution in [2.24, 2.45) is 5.73 Å². The molecular weight excluding hydrogens is 332 g/mol. The summed E-state index contributed by atoms with van der Waals surface area (Å²) in [6.45, 7) is 0.482. The number of rotatable bonds is 6. The van der Waals surface area contributed by atoms with E-state index in [4.69, 9.17) is 22.1 Å². The fourth-order valence-corrected chi connectivity index (χ4v) is 4.34. The molecule has 0 radical (unpaired) electrons. The summed E-state index contributed by atoms with van der Waals surface area (Å²) in [4.78, 5) is 0.927. The molecule has 0 bridgehead atoms. The Bertz CT molecular complexity index is 729. The maximum Gasteiger partial charge on any atom is 0.271 e. The zero-order valence-electron chi connectivity index (χ0n) is 11.3. The largest absolute Gasteiger partial charge is 0.495 e. The van der Waals surface area contributed by atoms with E-state index in [1.165, 1.54) is 24.5 Å². The maximum atomic E-state index is 12.4. The van der Waals surface area contributed by atoms with Gasteiger partial charge in [-0.15, -0.1) is 11.3 Å². The first-order valence-corrected chi connectivity index (χ1v) is 8.79. The van der Waals surface area contributed by atoms with E-state index < -0.39 is 10.0 Å². The number of benzene rings is 1. The fraction of sp³-hybridized carbons (Fsp3) is 0.231. The van der Waals surface area contributed by atoms with Gasteiger partial charge in [-0.1, -0.05) is 11.6 Å². The summed E-state index contributed by atoms with van der Waals surface area (Å²) in [6, 6.07) is 8.07. The number of sulfonamides is 1. The summed E-state index contributed by atoms with van der Waals surface area (Å²) in [7, 11) is -2.21. The van der Waals surface area contributed by atoms with Gasteiger partial charge in [0.15, 0.2) is 0 Å². The molecule has 0 aliphatic rings. The average Bonchev–Trinajstić information content (AvgIpc) is 2.88. The summed E-state index contributed by atoms with van der Waals surface area (Å²) in [5.74, 6) is 0.404. The van der Waals surface area contributed by atoms with E-state index >= 15 is 0 Å². The lowest BCUT2D eigenvalue weighted by Gasteiger charge is -2.11. The molecule has 0 spiro atoms. The van der Waals surface area contributed by atoms with Crippen molar-refractivity contribution in [1.82, 2.24) is 0 Å². The Kier molecular flexibility index (Phi) is 5.10. The summed E-state index contributed by atoms with van der Waals surface area (Å²) in [5, 5.41) is 0.420. The van der Waals surface area contributed by atoms with Crippen molar-refractivity contribution in [3.05, 3.63) is 40.2 Å². The predicted octanol–water partition coefficient (Wildman–Crippen LogP) is 2.71. The monoisotopic (exact) mass is 346 g/mol. The van der Waals surface area contributed by atoms with E-state index in [9.17, 15) is 8.42 Å². The molecule has 0 fully saturated rings. The lowest BCUT2D eigenvalue weighted by Crippen LogP contribution is -2.12. The molecule has 5 nitrogen and oxygen atoms in total. The van der Waals surface area contributed by atoms with Crippen LogP contribution >= 0.6 is 22.9 Å². The SMILES string of the molecule is COc1ccc(Cl)cc1NS(=O)(=O)c1ccc(CCN)s1. The highest BCUT2D eigenvalue weighted by Crippen LogP contribution is 2.31. The van der Waals surface area contributed by atoms with Crippen LogP contribution < -0.4 is 15.2 Å². The minimum atomic E-state index is -3.67. The second-order valence-corrected chi connectivity index (χ2v) is 7.72. The van der Waals surface area contributed by atoms with Gasteiger partial charge in [0.2, 0.25) is 0 Å². The number of ether oxygens (including phenoxy) is 1. The first-order chi connectivity index (χ1) is 9.96. The first-order valence-electron chi connectivity index (χ1n) is 6.11. The molecule has 0 amide bonds. The Morgan fingerprint density at radius 3 is 2.76 bits per heavy atom. The minimum Gasteiger partial charge on any atom is -0.495 e. The van der Waals surface area contributed by atoms with Crippen molar-refractivity contribution >= 4 is 38.6 Å². The Labute approximate surface area is 132 Å².